The lowest BCUT2D eigenvalue weighted by Crippen LogP contribution is -1.89. The lowest BCUT2D eigenvalue weighted by molar-refractivity contribution is 0.560. The van der Waals surface area contributed by atoms with Crippen molar-refractivity contribution in [3.05, 3.63) is 275 Å². The van der Waals surface area contributed by atoms with Crippen LogP contribution in [-0.4, -0.2) is 86.5 Å². The van der Waals surface area contributed by atoms with Crippen LogP contribution < -0.4 is 0 Å². The molecule has 0 aliphatic carbocycles. The Labute approximate surface area is 684 Å². The van der Waals surface area contributed by atoms with E-state index in [0.29, 0.717) is 11.5 Å². The number of aryl methyl sites for hydroxylation is 15. The van der Waals surface area contributed by atoms with Crippen molar-refractivity contribution in [3.8, 4) is 0 Å². The quantitative estimate of drug-likeness (QED) is 0.138. The Balaban J connectivity index is 0.000000625. The fraction of sp³-hybridized carbons (Fsp3) is 0.355. The zero-order valence-electron chi connectivity index (χ0n) is 74.8. The van der Waals surface area contributed by atoms with E-state index in [1.807, 2.05) is 388 Å². The van der Waals surface area contributed by atoms with E-state index < -0.39 is 0 Å². The molecule has 0 aliphatic heterocycles. The first kappa shape index (κ1) is 100. The van der Waals surface area contributed by atoms with Crippen molar-refractivity contribution in [2.24, 2.45) is 14.1 Å². The van der Waals surface area contributed by atoms with Crippen LogP contribution in [0.4, 0.5) is 0 Å². The molecule has 0 spiro atoms. The molecule has 0 fully saturated rings. The van der Waals surface area contributed by atoms with Crippen LogP contribution in [0.5, 0.6) is 0 Å². The number of oxazole rings is 2. The molecular formula is C93H132N18O2S. The molecule has 0 saturated heterocycles. The SMILES string of the molecule is CC.CC.CC.CC.CC.CC.CC.CC.CC.Cc1nc2ccccc2n1C.Cc1nc2ccccc2n1C.Cc1nc2ccccc2o1.Cc1nc2ccccc2s1.Cc1nc2ccccn2c1C.Cc1nc2ccccn2c1C.Cc1nc2ncccc2o1.Cc1nc2ncccn2c1C.Cc1nc2ncccn2c1C. The number of hydrogen-bond donors (Lipinski definition) is 0. The summed E-state index contributed by atoms with van der Waals surface area (Å²) in [7, 11) is 4.06. The van der Waals surface area contributed by atoms with E-state index in [9.17, 15) is 0 Å². The molecular weight excluding hydrogens is 1430 g/mol. The van der Waals surface area contributed by atoms with Crippen LogP contribution in [0.2, 0.25) is 0 Å². The monoisotopic (exact) mass is 1570 g/mol. The molecule has 14 heterocycles. The van der Waals surface area contributed by atoms with Crippen molar-refractivity contribution in [1.29, 1.82) is 0 Å². The summed E-state index contributed by atoms with van der Waals surface area (Å²) in [6.45, 7) is 62.0. The van der Waals surface area contributed by atoms with Gasteiger partial charge in [-0.15, -0.1) is 11.3 Å². The highest BCUT2D eigenvalue weighted by molar-refractivity contribution is 7.18. The van der Waals surface area contributed by atoms with Crippen molar-refractivity contribution in [1.82, 2.24) is 86.5 Å². The second kappa shape index (κ2) is 55.8. The summed E-state index contributed by atoms with van der Waals surface area (Å²) in [4.78, 5) is 50.8. The van der Waals surface area contributed by atoms with Crippen LogP contribution in [0.15, 0.2) is 210 Å². The minimum absolute atomic E-state index is 0.661. The number of nitrogens with zero attached hydrogens (tertiary/aromatic N) is 18. The fourth-order valence-corrected chi connectivity index (χ4v) is 10.9. The van der Waals surface area contributed by atoms with Gasteiger partial charge in [0.15, 0.2) is 28.6 Å². The molecule has 20 nitrogen and oxygen atoms in total. The lowest BCUT2D eigenvalue weighted by Gasteiger charge is -1.93. The molecule has 0 N–H and O–H groups in total. The van der Waals surface area contributed by atoms with Crippen molar-refractivity contribution < 1.29 is 8.83 Å². The van der Waals surface area contributed by atoms with Crippen LogP contribution >= 0.6 is 11.3 Å². The summed E-state index contributed by atoms with van der Waals surface area (Å²) in [6.07, 6.45) is 13.2. The van der Waals surface area contributed by atoms with Gasteiger partial charge in [-0.1, -0.05) is 185 Å². The lowest BCUT2D eigenvalue weighted by atomic mass is 10.3. The minimum Gasteiger partial charge on any atom is -0.441 e. The third-order valence-corrected chi connectivity index (χ3v) is 16.8. The summed E-state index contributed by atoms with van der Waals surface area (Å²) in [5, 5.41) is 1.14. The topological polar surface area (TPSA) is 208 Å². The maximum absolute atomic E-state index is 5.26. The minimum atomic E-state index is 0.661. The molecule has 4 aromatic carbocycles. The molecule has 0 bridgehead atoms. The zero-order valence-corrected chi connectivity index (χ0v) is 75.6. The second-order valence-electron chi connectivity index (χ2n) is 22.4. The maximum atomic E-state index is 5.26. The van der Waals surface area contributed by atoms with Crippen LogP contribution in [0.3, 0.4) is 0 Å². The molecule has 21 heteroatoms. The average molecular weight is 1570 g/mol. The van der Waals surface area contributed by atoms with E-state index in [-0.39, 0.29) is 0 Å². The molecule has 0 unspecified atom stereocenters. The van der Waals surface area contributed by atoms with Gasteiger partial charge in [-0.25, -0.2) is 54.8 Å². The van der Waals surface area contributed by atoms with Crippen LogP contribution in [0, 0.1) is 90.0 Å². The molecule has 0 aliphatic rings. The summed E-state index contributed by atoms with van der Waals surface area (Å²) >= 11 is 1.74. The van der Waals surface area contributed by atoms with Crippen LogP contribution in [0.1, 0.15) is 199 Å². The second-order valence-corrected chi connectivity index (χ2v) is 23.7. The average Bonchev–Trinajstić information content (AvgIpc) is 1.69. The van der Waals surface area contributed by atoms with Gasteiger partial charge in [0.1, 0.15) is 28.5 Å². The van der Waals surface area contributed by atoms with E-state index in [4.69, 9.17) is 8.83 Å². The van der Waals surface area contributed by atoms with Crippen molar-refractivity contribution in [2.75, 3.05) is 0 Å². The van der Waals surface area contributed by atoms with E-state index in [0.717, 1.165) is 113 Å². The molecule has 0 radical (unpaired) electrons. The Morgan fingerprint density at radius 3 is 1.03 bits per heavy atom. The first-order valence-electron chi connectivity index (χ1n) is 40.2. The predicted octanol–water partition coefficient (Wildman–Crippen LogP) is 25.9. The molecule has 18 rings (SSSR count). The molecule has 0 amide bonds. The van der Waals surface area contributed by atoms with Gasteiger partial charge in [0.25, 0.3) is 0 Å². The molecule has 114 heavy (non-hydrogen) atoms. The number of rotatable bonds is 0. The van der Waals surface area contributed by atoms with E-state index in [1.165, 1.54) is 27.1 Å². The number of benzene rings is 4. The number of hydrogen-bond acceptors (Lipinski definition) is 15. The highest BCUT2D eigenvalue weighted by Crippen LogP contribution is 2.21. The fourth-order valence-electron chi connectivity index (χ4n) is 10.1. The molecule has 14 aromatic heterocycles. The van der Waals surface area contributed by atoms with Gasteiger partial charge >= 0.3 is 0 Å². The molecule has 0 atom stereocenters. The predicted molar refractivity (Wildman–Crippen MR) is 487 cm³/mol. The Hall–Kier alpha value is -11.6. The normalized spacial score (nSPS) is 9.45. The summed E-state index contributed by atoms with van der Waals surface area (Å²) in [5.74, 6) is 5.07. The highest BCUT2D eigenvalue weighted by Gasteiger charge is 2.07. The number of para-hydroxylation sites is 7. The van der Waals surface area contributed by atoms with E-state index >= 15 is 0 Å². The Morgan fingerprint density at radius 1 is 0.281 bits per heavy atom. The number of thiazole rings is 1. The van der Waals surface area contributed by atoms with Crippen LogP contribution in [-0.2, 0) is 14.1 Å². The third-order valence-electron chi connectivity index (χ3n) is 15.9. The summed E-state index contributed by atoms with van der Waals surface area (Å²) < 4.78 is 24.1. The third kappa shape index (κ3) is 29.5. The first-order valence-corrected chi connectivity index (χ1v) is 41.0. The Kier molecular flexibility index (Phi) is 49.1. The Morgan fingerprint density at radius 2 is 0.623 bits per heavy atom. The van der Waals surface area contributed by atoms with Crippen molar-refractivity contribution in [2.45, 2.75) is 215 Å². The van der Waals surface area contributed by atoms with E-state index in [1.54, 1.807) is 29.9 Å². The van der Waals surface area contributed by atoms with Gasteiger partial charge in [0, 0.05) is 94.1 Å². The van der Waals surface area contributed by atoms with Gasteiger partial charge in [-0.05, 0) is 173 Å². The van der Waals surface area contributed by atoms with Gasteiger partial charge < -0.3 is 26.8 Å². The molecule has 18 aromatic rings. The summed E-state index contributed by atoms with van der Waals surface area (Å²) in [5.41, 5.74) is 20.0. The van der Waals surface area contributed by atoms with Crippen molar-refractivity contribution in [3.63, 3.8) is 0 Å². The number of aromatic nitrogens is 18. The van der Waals surface area contributed by atoms with Gasteiger partial charge in [0.2, 0.25) is 11.6 Å². The number of pyridine rings is 3. The first-order chi connectivity index (χ1) is 55.3. The molecule has 0 saturated carbocycles. The smallest absolute Gasteiger partial charge is 0.234 e. The summed E-state index contributed by atoms with van der Waals surface area (Å²) in [6, 6.07) is 51.8. The van der Waals surface area contributed by atoms with Crippen molar-refractivity contribution >= 4 is 88.8 Å². The standard InChI is InChI=1S/4C9H10N2.2C8H9N3.C8H7NO.C8H7NS.C7H6N2O.9C2H6/c2*1-7-10-8-5-3-4-6-9(8)11(7)2;2*1-7-8(2)11-6-4-3-5-9(11)10-7;2*1-6-7(2)11-5-3-4-9-8(11)10-6;2*1-6-9-7-4-2-3-5-8(7)10-6;1-5-9-7-6(10-5)3-2-4-8-7;9*1-2/h4*3-6H,1-2H3;2*3-5H,1-2H3;2*2-5H,1H3;2-4H,1H3;9*1-2H3. The van der Waals surface area contributed by atoms with Crippen LogP contribution in [0.25, 0.3) is 77.5 Å². The van der Waals surface area contributed by atoms with Gasteiger partial charge in [-0.2, -0.15) is 4.98 Å². The zero-order chi connectivity index (χ0) is 86.0. The maximum Gasteiger partial charge on any atom is 0.234 e. The highest BCUT2D eigenvalue weighted by atomic mass is 32.1. The largest absolute Gasteiger partial charge is 0.441 e. The molecule has 612 valence electrons. The van der Waals surface area contributed by atoms with Gasteiger partial charge in [0.05, 0.1) is 60.1 Å². The number of fused-ring (bicyclic) bond motifs is 9. The Bertz CT molecular complexity index is 4690. The van der Waals surface area contributed by atoms with E-state index in [2.05, 4.69) is 110 Å². The number of imidazole rings is 6. The van der Waals surface area contributed by atoms with Gasteiger partial charge in [-0.3, -0.25) is 8.80 Å².